The van der Waals surface area contributed by atoms with E-state index in [4.69, 9.17) is 0 Å². The lowest BCUT2D eigenvalue weighted by Gasteiger charge is -2.48. The number of carbonyl (C=O) groups excluding carboxylic acids is 1. The van der Waals surface area contributed by atoms with Crippen molar-refractivity contribution in [3.63, 3.8) is 0 Å². The smallest absolute Gasteiger partial charge is 0.167 e. The normalized spacial score (nSPS) is 26.4. The minimum atomic E-state index is 0.158. The molecule has 3 heterocycles. The van der Waals surface area contributed by atoms with Crippen LogP contribution in [0.25, 0.3) is 0 Å². The molecule has 2 saturated heterocycles. The van der Waals surface area contributed by atoms with Crippen molar-refractivity contribution in [1.82, 2.24) is 9.88 Å². The Bertz CT molecular complexity index is 729. The number of pyridine rings is 1. The first-order chi connectivity index (χ1) is 12.2. The second-order valence-electron chi connectivity index (χ2n) is 7.62. The molecule has 0 aliphatic carbocycles. The Morgan fingerprint density at radius 3 is 2.52 bits per heavy atom. The molecule has 2 atom stereocenters. The number of aromatic nitrogens is 1. The second kappa shape index (κ2) is 7.09. The molecule has 4 rings (SSSR count). The maximum absolute atomic E-state index is 13.1. The first-order valence-corrected chi connectivity index (χ1v) is 9.47. The summed E-state index contributed by atoms with van der Waals surface area (Å²) in [4.78, 5) is 19.9. The molecule has 0 saturated carbocycles. The Balaban J connectivity index is 1.51. The number of Topliss-reactive ketones (excluding diaryl/α,β-unsaturated/α-hetero) is 1. The zero-order chi connectivity index (χ0) is 17.2. The molecule has 0 amide bonds. The predicted molar refractivity (Wildman–Crippen MR) is 99.4 cm³/mol. The molecule has 3 heteroatoms. The molecule has 130 valence electrons. The molecule has 2 aromatic rings. The van der Waals surface area contributed by atoms with Crippen molar-refractivity contribution >= 4 is 5.78 Å². The second-order valence-corrected chi connectivity index (χ2v) is 7.62. The predicted octanol–water partition coefficient (Wildman–Crippen LogP) is 4.41. The highest BCUT2D eigenvalue weighted by Gasteiger charge is 2.40. The highest BCUT2D eigenvalue weighted by Crippen LogP contribution is 2.39. The lowest BCUT2D eigenvalue weighted by molar-refractivity contribution is 0.00903. The van der Waals surface area contributed by atoms with Crippen molar-refractivity contribution in [1.29, 1.82) is 0 Å². The first kappa shape index (κ1) is 16.5. The fourth-order valence-corrected chi connectivity index (χ4v) is 4.69. The van der Waals surface area contributed by atoms with E-state index in [1.54, 1.807) is 12.4 Å². The van der Waals surface area contributed by atoms with Crippen molar-refractivity contribution in [2.24, 2.45) is 5.92 Å². The molecule has 2 aliphatic rings. The number of piperidine rings is 2. The number of aryl methyl sites for hydroxylation is 1. The molecular weight excluding hydrogens is 308 g/mol. The fourth-order valence-electron chi connectivity index (χ4n) is 4.69. The lowest BCUT2D eigenvalue weighted by Crippen LogP contribution is -2.52. The Hall–Kier alpha value is -2.00. The average Bonchev–Trinajstić information content (AvgIpc) is 2.62. The van der Waals surface area contributed by atoms with E-state index in [-0.39, 0.29) is 5.92 Å². The summed E-state index contributed by atoms with van der Waals surface area (Å²) < 4.78 is 0. The topological polar surface area (TPSA) is 33.2 Å². The number of nitrogens with zero attached hydrogens (tertiary/aromatic N) is 2. The summed E-state index contributed by atoms with van der Waals surface area (Å²) in [6.45, 7) is 3.03. The quantitative estimate of drug-likeness (QED) is 0.777. The summed E-state index contributed by atoms with van der Waals surface area (Å²) in [6, 6.07) is 13.8. The highest BCUT2D eigenvalue weighted by atomic mass is 16.1. The summed E-state index contributed by atoms with van der Waals surface area (Å²) >= 11 is 0. The molecule has 25 heavy (non-hydrogen) atoms. The van der Waals surface area contributed by atoms with E-state index < -0.39 is 0 Å². The van der Waals surface area contributed by atoms with E-state index in [1.807, 2.05) is 13.0 Å². The van der Waals surface area contributed by atoms with Crippen molar-refractivity contribution in [3.05, 3.63) is 65.5 Å². The van der Waals surface area contributed by atoms with Crippen LogP contribution in [0.3, 0.4) is 0 Å². The summed E-state index contributed by atoms with van der Waals surface area (Å²) in [5, 5.41) is 0. The van der Waals surface area contributed by atoms with Gasteiger partial charge in [0.25, 0.3) is 0 Å². The lowest BCUT2D eigenvalue weighted by atomic mass is 9.75. The third kappa shape index (κ3) is 3.38. The highest BCUT2D eigenvalue weighted by molar-refractivity contribution is 5.98. The monoisotopic (exact) mass is 334 g/mol. The number of hydrogen-bond acceptors (Lipinski definition) is 3. The zero-order valence-corrected chi connectivity index (χ0v) is 14.9. The molecule has 2 fully saturated rings. The van der Waals surface area contributed by atoms with E-state index >= 15 is 0 Å². The van der Waals surface area contributed by atoms with Crippen molar-refractivity contribution in [2.45, 2.75) is 57.7 Å². The summed E-state index contributed by atoms with van der Waals surface area (Å²) in [6.07, 6.45) is 9.26. The first-order valence-electron chi connectivity index (χ1n) is 9.47. The Morgan fingerprint density at radius 2 is 1.84 bits per heavy atom. The van der Waals surface area contributed by atoms with Crippen molar-refractivity contribution in [3.8, 4) is 0 Å². The standard InChI is InChI=1S/C22H26N2O/c1-16-10-11-23-14-21(16)22(25)18-12-19-8-5-9-20(13-18)24(19)15-17-6-3-2-4-7-17/h2-4,6-7,10-11,14,18-20H,5,8-9,12-13,15H2,1H3. The maximum Gasteiger partial charge on any atom is 0.167 e. The van der Waals surface area contributed by atoms with Crippen LogP contribution in [0, 0.1) is 12.8 Å². The number of hydrogen-bond donors (Lipinski definition) is 0. The number of benzene rings is 1. The van der Waals surface area contributed by atoms with Gasteiger partial charge in [-0.1, -0.05) is 36.8 Å². The van der Waals surface area contributed by atoms with Crippen LogP contribution < -0.4 is 0 Å². The number of rotatable bonds is 4. The third-order valence-electron chi connectivity index (χ3n) is 6.01. The fraction of sp³-hybridized carbons (Fsp3) is 0.455. The number of carbonyl (C=O) groups is 1. The van der Waals surface area contributed by atoms with E-state index in [0.717, 1.165) is 30.5 Å². The molecular formula is C22H26N2O. The minimum Gasteiger partial charge on any atom is -0.294 e. The van der Waals surface area contributed by atoms with Gasteiger partial charge in [-0.2, -0.15) is 0 Å². The van der Waals surface area contributed by atoms with E-state index in [2.05, 4.69) is 40.2 Å². The summed E-state index contributed by atoms with van der Waals surface area (Å²) in [7, 11) is 0. The van der Waals surface area contributed by atoms with Gasteiger partial charge >= 0.3 is 0 Å². The van der Waals surface area contributed by atoms with Crippen LogP contribution in [0.5, 0.6) is 0 Å². The molecule has 2 unspecified atom stereocenters. The summed E-state index contributed by atoms with van der Waals surface area (Å²) in [5.74, 6) is 0.465. The average molecular weight is 334 g/mol. The Labute approximate surface area is 150 Å². The van der Waals surface area contributed by atoms with Gasteiger partial charge in [-0.25, -0.2) is 0 Å². The van der Waals surface area contributed by atoms with Crippen LogP contribution in [0.4, 0.5) is 0 Å². The van der Waals surface area contributed by atoms with Gasteiger partial charge in [0.15, 0.2) is 5.78 Å². The van der Waals surface area contributed by atoms with E-state index in [0.29, 0.717) is 17.9 Å². The molecule has 3 nitrogen and oxygen atoms in total. The van der Waals surface area contributed by atoms with Gasteiger partial charge in [-0.15, -0.1) is 0 Å². The molecule has 0 spiro atoms. The van der Waals surface area contributed by atoms with Gasteiger partial charge in [-0.05, 0) is 49.8 Å². The maximum atomic E-state index is 13.1. The number of ketones is 1. The SMILES string of the molecule is Cc1ccncc1C(=O)C1CC2CCCC(C1)N2Cc1ccccc1. The third-order valence-corrected chi connectivity index (χ3v) is 6.01. The van der Waals surface area contributed by atoms with Crippen LogP contribution in [0.15, 0.2) is 48.8 Å². The van der Waals surface area contributed by atoms with Gasteiger partial charge in [0.05, 0.1) is 0 Å². The zero-order valence-electron chi connectivity index (χ0n) is 14.9. The van der Waals surface area contributed by atoms with Gasteiger partial charge in [0, 0.05) is 42.5 Å². The molecule has 2 bridgehead atoms. The summed E-state index contributed by atoms with van der Waals surface area (Å²) in [5.41, 5.74) is 3.26. The van der Waals surface area contributed by atoms with Crippen LogP contribution in [0.2, 0.25) is 0 Å². The Morgan fingerprint density at radius 1 is 1.12 bits per heavy atom. The van der Waals surface area contributed by atoms with Gasteiger partial charge < -0.3 is 0 Å². The van der Waals surface area contributed by atoms with Gasteiger partial charge in [0.1, 0.15) is 0 Å². The molecule has 2 aliphatic heterocycles. The van der Waals surface area contributed by atoms with E-state index in [1.165, 1.54) is 24.8 Å². The van der Waals surface area contributed by atoms with Crippen molar-refractivity contribution < 1.29 is 4.79 Å². The molecule has 1 aromatic carbocycles. The number of fused-ring (bicyclic) bond motifs is 2. The largest absolute Gasteiger partial charge is 0.294 e. The molecule has 0 radical (unpaired) electrons. The van der Waals surface area contributed by atoms with E-state index in [9.17, 15) is 4.79 Å². The van der Waals surface area contributed by atoms with Crippen LogP contribution in [0.1, 0.15) is 53.6 Å². The van der Waals surface area contributed by atoms with Crippen LogP contribution in [-0.2, 0) is 6.54 Å². The Kier molecular flexibility index (Phi) is 4.67. The molecule has 0 N–H and O–H groups in total. The van der Waals surface area contributed by atoms with Gasteiger partial charge in [0.2, 0.25) is 0 Å². The van der Waals surface area contributed by atoms with Gasteiger partial charge in [-0.3, -0.25) is 14.7 Å². The minimum absolute atomic E-state index is 0.158. The van der Waals surface area contributed by atoms with Crippen LogP contribution >= 0.6 is 0 Å². The van der Waals surface area contributed by atoms with Crippen molar-refractivity contribution in [2.75, 3.05) is 0 Å². The molecule has 1 aromatic heterocycles. The van der Waals surface area contributed by atoms with Crippen LogP contribution in [-0.4, -0.2) is 27.8 Å².